The van der Waals surface area contributed by atoms with Crippen LogP contribution in [0.3, 0.4) is 0 Å². The number of anilines is 1. The van der Waals surface area contributed by atoms with E-state index in [0.717, 1.165) is 11.3 Å². The van der Waals surface area contributed by atoms with Crippen LogP contribution in [0.2, 0.25) is 0 Å². The Balaban J connectivity index is 2.14. The number of carbonyl (C=O) groups excluding carboxylic acids is 1. The number of ketones is 1. The molecule has 0 bridgehead atoms. The van der Waals surface area contributed by atoms with Crippen LogP contribution in [0.25, 0.3) is 6.08 Å². The molecule has 2 N–H and O–H groups in total. The Hall–Kier alpha value is -2.55. The molecular formula is C16H15NO2. The number of rotatable bonds is 4. The van der Waals surface area contributed by atoms with Crippen LogP contribution in [0.4, 0.5) is 5.69 Å². The number of carbonyl (C=O) groups is 1. The molecule has 0 saturated carbocycles. The summed E-state index contributed by atoms with van der Waals surface area (Å²) >= 11 is 0. The average molecular weight is 253 g/mol. The highest BCUT2D eigenvalue weighted by atomic mass is 16.5. The summed E-state index contributed by atoms with van der Waals surface area (Å²) < 4.78 is 5.07. The van der Waals surface area contributed by atoms with Crippen LogP contribution in [0.1, 0.15) is 15.9 Å². The van der Waals surface area contributed by atoms with Gasteiger partial charge < -0.3 is 10.5 Å². The second-order valence-electron chi connectivity index (χ2n) is 4.06. The van der Waals surface area contributed by atoms with Gasteiger partial charge in [0.25, 0.3) is 0 Å². The van der Waals surface area contributed by atoms with Crippen molar-refractivity contribution in [3.8, 4) is 5.75 Å². The highest BCUT2D eigenvalue weighted by Gasteiger charge is 2.04. The third-order valence-electron chi connectivity index (χ3n) is 2.77. The molecule has 2 aromatic rings. The highest BCUT2D eigenvalue weighted by Crippen LogP contribution is 2.15. The molecule has 0 atom stereocenters. The quantitative estimate of drug-likeness (QED) is 0.517. The van der Waals surface area contributed by atoms with Crippen LogP contribution < -0.4 is 10.5 Å². The SMILES string of the molecule is COc1ccc(/C=C/C(=O)c2ccccc2N)cc1. The van der Waals surface area contributed by atoms with Gasteiger partial charge in [-0.05, 0) is 35.9 Å². The summed E-state index contributed by atoms with van der Waals surface area (Å²) in [5.41, 5.74) is 7.70. The van der Waals surface area contributed by atoms with E-state index < -0.39 is 0 Å². The maximum Gasteiger partial charge on any atom is 0.187 e. The maximum atomic E-state index is 12.0. The maximum absolute atomic E-state index is 12.0. The predicted molar refractivity (Wildman–Crippen MR) is 77.2 cm³/mol. The molecule has 3 nitrogen and oxygen atoms in total. The van der Waals surface area contributed by atoms with E-state index in [1.807, 2.05) is 24.3 Å². The van der Waals surface area contributed by atoms with Crippen molar-refractivity contribution in [1.29, 1.82) is 0 Å². The monoisotopic (exact) mass is 253 g/mol. The lowest BCUT2D eigenvalue weighted by Crippen LogP contribution is -1.99. The normalized spacial score (nSPS) is 10.6. The van der Waals surface area contributed by atoms with Gasteiger partial charge in [-0.1, -0.05) is 30.3 Å². The van der Waals surface area contributed by atoms with Crippen molar-refractivity contribution in [1.82, 2.24) is 0 Å². The molecule has 2 rings (SSSR count). The highest BCUT2D eigenvalue weighted by molar-refractivity contribution is 6.10. The first kappa shape index (κ1) is 12.9. The van der Waals surface area contributed by atoms with Crippen LogP contribution >= 0.6 is 0 Å². The van der Waals surface area contributed by atoms with Crippen LogP contribution in [0.15, 0.2) is 54.6 Å². The first-order chi connectivity index (χ1) is 9.20. The number of nitrogens with two attached hydrogens (primary N) is 1. The van der Waals surface area contributed by atoms with Crippen molar-refractivity contribution >= 4 is 17.5 Å². The molecule has 0 unspecified atom stereocenters. The minimum absolute atomic E-state index is 0.103. The Morgan fingerprint density at radius 1 is 1.11 bits per heavy atom. The second kappa shape index (κ2) is 5.87. The molecule has 0 aliphatic carbocycles. The van der Waals surface area contributed by atoms with Crippen molar-refractivity contribution in [2.75, 3.05) is 12.8 Å². The Morgan fingerprint density at radius 3 is 2.42 bits per heavy atom. The third kappa shape index (κ3) is 3.22. The standard InChI is InChI=1S/C16H15NO2/c1-19-13-9-6-12(7-10-13)8-11-16(18)14-4-2-3-5-15(14)17/h2-11H,17H2,1H3/b11-8+. The largest absolute Gasteiger partial charge is 0.497 e. The summed E-state index contributed by atoms with van der Waals surface area (Å²) in [7, 11) is 1.62. The molecule has 0 radical (unpaired) electrons. The van der Waals surface area contributed by atoms with E-state index in [9.17, 15) is 4.79 Å². The molecule has 0 spiro atoms. The average Bonchev–Trinajstić information content (AvgIpc) is 2.46. The minimum atomic E-state index is -0.103. The van der Waals surface area contributed by atoms with Crippen molar-refractivity contribution < 1.29 is 9.53 Å². The zero-order valence-corrected chi connectivity index (χ0v) is 10.7. The molecule has 96 valence electrons. The molecule has 0 amide bonds. The number of hydrogen-bond donors (Lipinski definition) is 1. The fourth-order valence-corrected chi connectivity index (χ4v) is 1.70. The number of benzene rings is 2. The van der Waals surface area contributed by atoms with E-state index in [4.69, 9.17) is 10.5 Å². The fourth-order valence-electron chi connectivity index (χ4n) is 1.70. The second-order valence-corrected chi connectivity index (χ2v) is 4.06. The summed E-state index contributed by atoms with van der Waals surface area (Å²) in [6.45, 7) is 0. The lowest BCUT2D eigenvalue weighted by Gasteiger charge is -2.01. The predicted octanol–water partition coefficient (Wildman–Crippen LogP) is 3.17. The number of para-hydroxylation sites is 1. The molecule has 0 saturated heterocycles. The van der Waals surface area contributed by atoms with Gasteiger partial charge in [0, 0.05) is 11.3 Å². The van der Waals surface area contributed by atoms with Gasteiger partial charge in [0.2, 0.25) is 0 Å². The minimum Gasteiger partial charge on any atom is -0.497 e. The first-order valence-electron chi connectivity index (χ1n) is 5.91. The number of methoxy groups -OCH3 is 1. The first-order valence-corrected chi connectivity index (χ1v) is 5.91. The van der Waals surface area contributed by atoms with Crippen LogP contribution in [0, 0.1) is 0 Å². The van der Waals surface area contributed by atoms with E-state index in [1.165, 1.54) is 6.08 Å². The molecule has 2 aromatic carbocycles. The number of hydrogen-bond acceptors (Lipinski definition) is 3. The number of ether oxygens (including phenoxy) is 1. The van der Waals surface area contributed by atoms with Gasteiger partial charge in [0.1, 0.15) is 5.75 Å². The van der Waals surface area contributed by atoms with Gasteiger partial charge in [-0.3, -0.25) is 4.79 Å². The van der Waals surface area contributed by atoms with Gasteiger partial charge in [0.05, 0.1) is 7.11 Å². The smallest absolute Gasteiger partial charge is 0.187 e. The lowest BCUT2D eigenvalue weighted by molar-refractivity contribution is 0.104. The van der Waals surface area contributed by atoms with E-state index in [-0.39, 0.29) is 5.78 Å². The molecule has 0 aromatic heterocycles. The zero-order valence-electron chi connectivity index (χ0n) is 10.7. The van der Waals surface area contributed by atoms with E-state index in [2.05, 4.69) is 0 Å². The summed E-state index contributed by atoms with van der Waals surface area (Å²) in [5.74, 6) is 0.685. The Labute approximate surface area is 112 Å². The molecule has 0 fully saturated rings. The van der Waals surface area contributed by atoms with Crippen molar-refractivity contribution in [2.45, 2.75) is 0 Å². The molecule has 0 aliphatic heterocycles. The third-order valence-corrected chi connectivity index (χ3v) is 2.77. The molecule has 3 heteroatoms. The van der Waals surface area contributed by atoms with Crippen molar-refractivity contribution in [3.05, 3.63) is 65.7 Å². The number of nitrogen functional groups attached to an aromatic ring is 1. The van der Waals surface area contributed by atoms with Gasteiger partial charge in [-0.2, -0.15) is 0 Å². The summed E-state index contributed by atoms with van der Waals surface area (Å²) in [5, 5.41) is 0. The van der Waals surface area contributed by atoms with Crippen LogP contribution in [0.5, 0.6) is 5.75 Å². The Morgan fingerprint density at radius 2 is 1.79 bits per heavy atom. The van der Waals surface area contributed by atoms with Crippen molar-refractivity contribution in [3.63, 3.8) is 0 Å². The number of allylic oxidation sites excluding steroid dienone is 1. The van der Waals surface area contributed by atoms with Gasteiger partial charge in [-0.15, -0.1) is 0 Å². The molecule has 0 aliphatic rings. The van der Waals surface area contributed by atoms with Gasteiger partial charge in [0.15, 0.2) is 5.78 Å². The zero-order chi connectivity index (χ0) is 13.7. The van der Waals surface area contributed by atoms with E-state index in [1.54, 1.807) is 37.5 Å². The molecular weight excluding hydrogens is 238 g/mol. The molecule has 19 heavy (non-hydrogen) atoms. The summed E-state index contributed by atoms with van der Waals surface area (Å²) in [4.78, 5) is 12.0. The molecule has 0 heterocycles. The topological polar surface area (TPSA) is 52.3 Å². The Bertz CT molecular complexity index is 600. The van der Waals surface area contributed by atoms with Gasteiger partial charge >= 0.3 is 0 Å². The summed E-state index contributed by atoms with van der Waals surface area (Å²) in [6, 6.07) is 14.5. The van der Waals surface area contributed by atoms with Gasteiger partial charge in [-0.25, -0.2) is 0 Å². The Kier molecular flexibility index (Phi) is 3.98. The summed E-state index contributed by atoms with van der Waals surface area (Å²) in [6.07, 6.45) is 3.28. The van der Waals surface area contributed by atoms with Crippen LogP contribution in [-0.4, -0.2) is 12.9 Å². The fraction of sp³-hybridized carbons (Fsp3) is 0.0625. The van der Waals surface area contributed by atoms with Crippen molar-refractivity contribution in [2.24, 2.45) is 0 Å². The van der Waals surface area contributed by atoms with E-state index in [0.29, 0.717) is 11.3 Å². The lowest BCUT2D eigenvalue weighted by atomic mass is 10.1. The van der Waals surface area contributed by atoms with Crippen LogP contribution in [-0.2, 0) is 0 Å². The van der Waals surface area contributed by atoms with E-state index >= 15 is 0 Å².